The molecule has 0 aliphatic heterocycles. The highest BCUT2D eigenvalue weighted by molar-refractivity contribution is 5.81. The first-order valence-corrected chi connectivity index (χ1v) is 8.74. The van der Waals surface area contributed by atoms with Crippen LogP contribution in [-0.4, -0.2) is 5.11 Å². The van der Waals surface area contributed by atoms with E-state index in [1.165, 1.54) is 18.2 Å². The summed E-state index contributed by atoms with van der Waals surface area (Å²) in [4.78, 5) is 22.2. The van der Waals surface area contributed by atoms with E-state index in [2.05, 4.69) is 12.0 Å². The zero-order valence-corrected chi connectivity index (χ0v) is 16.1. The largest absolute Gasteiger partial charge is 0.508 e. The second-order valence-corrected chi connectivity index (χ2v) is 6.29. The summed E-state index contributed by atoms with van der Waals surface area (Å²) < 4.78 is 15.1. The Morgan fingerprint density at radius 3 is 1.97 bits per heavy atom. The van der Waals surface area contributed by atoms with Crippen LogP contribution in [0.5, 0.6) is 11.5 Å². The Labute approximate surface area is 166 Å². The van der Waals surface area contributed by atoms with Crippen molar-refractivity contribution in [2.24, 2.45) is 0 Å². The summed E-state index contributed by atoms with van der Waals surface area (Å²) in [5, 5.41) is 10.9. The highest BCUT2D eigenvalue weighted by atomic mass is 16.5. The Kier molecular flexibility index (Phi) is 5.70. The molecule has 0 atom stereocenters. The van der Waals surface area contributed by atoms with Crippen molar-refractivity contribution in [2.75, 3.05) is 0 Å². The lowest BCUT2D eigenvalue weighted by Gasteiger charge is -2.01. The molecule has 6 nitrogen and oxygen atoms in total. The van der Waals surface area contributed by atoms with Gasteiger partial charge in [0.25, 0.3) is 0 Å². The number of aromatic hydroxyl groups is 1. The van der Waals surface area contributed by atoms with E-state index in [9.17, 15) is 9.59 Å². The van der Waals surface area contributed by atoms with Crippen molar-refractivity contribution in [1.82, 2.24) is 0 Å². The number of rotatable bonds is 1. The quantitative estimate of drug-likeness (QED) is 0.386. The molecule has 29 heavy (non-hydrogen) atoms. The number of hydrogen-bond donors (Lipinski definition) is 1. The molecule has 0 radical (unpaired) electrons. The van der Waals surface area contributed by atoms with Gasteiger partial charge in [0, 0.05) is 42.0 Å². The number of aryl methyl sites for hydroxylation is 2. The van der Waals surface area contributed by atoms with E-state index >= 15 is 0 Å². The molecule has 0 unspecified atom stereocenters. The van der Waals surface area contributed by atoms with E-state index in [1.54, 1.807) is 31.2 Å². The van der Waals surface area contributed by atoms with Gasteiger partial charge in [-0.3, -0.25) is 0 Å². The number of benzene rings is 2. The Morgan fingerprint density at radius 2 is 1.38 bits per heavy atom. The third-order valence-corrected chi connectivity index (χ3v) is 4.13. The van der Waals surface area contributed by atoms with Crippen molar-refractivity contribution in [3.05, 3.63) is 80.5 Å². The lowest BCUT2D eigenvalue weighted by atomic mass is 10.1. The van der Waals surface area contributed by atoms with E-state index < -0.39 is 5.63 Å². The molecule has 0 spiro atoms. The van der Waals surface area contributed by atoms with Crippen LogP contribution in [0.25, 0.3) is 21.9 Å². The van der Waals surface area contributed by atoms with Gasteiger partial charge in [0.15, 0.2) is 0 Å². The van der Waals surface area contributed by atoms with Crippen LogP contribution in [0, 0.1) is 25.9 Å². The molecule has 4 rings (SSSR count). The number of phenols is 1. The zero-order valence-electron chi connectivity index (χ0n) is 16.1. The number of fused-ring (bicyclic) bond motifs is 2. The number of phenolic OH excluding ortho intramolecular Hbond substituents is 1. The molecular formula is C23H18O6. The summed E-state index contributed by atoms with van der Waals surface area (Å²) in [5.41, 5.74) is 1.93. The third-order valence-electron chi connectivity index (χ3n) is 4.13. The Morgan fingerprint density at radius 1 is 0.828 bits per heavy atom. The van der Waals surface area contributed by atoms with Crippen LogP contribution in [0.3, 0.4) is 0 Å². The average molecular weight is 390 g/mol. The highest BCUT2D eigenvalue weighted by Crippen LogP contribution is 2.22. The molecule has 1 N–H and O–H groups in total. The maximum absolute atomic E-state index is 11.2. The fraction of sp³-hybridized carbons (Fsp3) is 0.130. The summed E-state index contributed by atoms with van der Waals surface area (Å²) in [6.07, 6.45) is 2.49. The van der Waals surface area contributed by atoms with E-state index in [-0.39, 0.29) is 11.4 Å². The van der Waals surface area contributed by atoms with Crippen molar-refractivity contribution in [2.45, 2.75) is 20.8 Å². The van der Waals surface area contributed by atoms with Crippen molar-refractivity contribution in [3.63, 3.8) is 0 Å². The monoisotopic (exact) mass is 390 g/mol. The van der Waals surface area contributed by atoms with Gasteiger partial charge in [-0.25, -0.2) is 9.59 Å². The fourth-order valence-electron chi connectivity index (χ4n) is 2.79. The molecule has 2 heterocycles. The Hall–Kier alpha value is -3.98. The molecular weight excluding hydrogens is 372 g/mol. The van der Waals surface area contributed by atoms with E-state index in [0.717, 1.165) is 21.9 Å². The van der Waals surface area contributed by atoms with E-state index in [4.69, 9.17) is 18.7 Å². The van der Waals surface area contributed by atoms with Gasteiger partial charge in [-0.2, -0.15) is 0 Å². The maximum Gasteiger partial charge on any atom is 0.336 e. The molecule has 0 amide bonds. The van der Waals surface area contributed by atoms with E-state index in [0.29, 0.717) is 16.9 Å². The highest BCUT2D eigenvalue weighted by Gasteiger charge is 2.04. The first-order valence-electron chi connectivity index (χ1n) is 8.74. The predicted octanol–water partition coefficient (Wildman–Crippen LogP) is 4.27. The van der Waals surface area contributed by atoms with Crippen LogP contribution in [-0.2, 0) is 0 Å². The molecule has 0 aliphatic carbocycles. The van der Waals surface area contributed by atoms with Crippen LogP contribution in [0.2, 0.25) is 0 Å². The molecule has 2 aromatic carbocycles. The molecule has 0 fully saturated rings. The minimum atomic E-state index is -0.393. The minimum Gasteiger partial charge on any atom is -0.508 e. The Balaban J connectivity index is 0.000000169. The van der Waals surface area contributed by atoms with Gasteiger partial charge in [0.1, 0.15) is 28.8 Å². The summed E-state index contributed by atoms with van der Waals surface area (Å²) >= 11 is 0. The standard InChI is InChI=1S/C13H10O3.C10H8O3/c1-3-6-15-10-4-5-11-9(2)7-13(14)16-12(11)8-10;1-6-4-10(12)13-9-5-7(11)2-3-8(6)9/h4-5,7-8H,1-2H3;2-5,11H,1H3. The molecule has 2 aromatic heterocycles. The van der Waals surface area contributed by atoms with Crippen molar-refractivity contribution in [1.29, 1.82) is 0 Å². The Bertz CT molecular complexity index is 1370. The molecule has 4 aromatic rings. The summed E-state index contributed by atoms with van der Waals surface area (Å²) in [6, 6.07) is 12.9. The molecule has 0 aliphatic rings. The summed E-state index contributed by atoms with van der Waals surface area (Å²) in [6.45, 7) is 5.38. The lowest BCUT2D eigenvalue weighted by molar-refractivity contribution is 0.473. The predicted molar refractivity (Wildman–Crippen MR) is 110 cm³/mol. The van der Waals surface area contributed by atoms with Crippen LogP contribution < -0.4 is 16.0 Å². The topological polar surface area (TPSA) is 89.9 Å². The van der Waals surface area contributed by atoms with Crippen LogP contribution in [0.15, 0.2) is 67.0 Å². The van der Waals surface area contributed by atoms with E-state index in [1.807, 2.05) is 19.9 Å². The van der Waals surface area contributed by atoms with Gasteiger partial charge < -0.3 is 18.7 Å². The van der Waals surface area contributed by atoms with Crippen molar-refractivity contribution >= 4 is 21.9 Å². The van der Waals surface area contributed by atoms with Crippen LogP contribution in [0.4, 0.5) is 0 Å². The maximum atomic E-state index is 11.2. The first kappa shape index (κ1) is 19.8. The first-order chi connectivity index (χ1) is 13.9. The molecule has 146 valence electrons. The van der Waals surface area contributed by atoms with Gasteiger partial charge in [-0.1, -0.05) is 5.92 Å². The minimum absolute atomic E-state index is 0.0984. The van der Waals surface area contributed by atoms with Gasteiger partial charge in [0.2, 0.25) is 0 Å². The average Bonchev–Trinajstić information content (AvgIpc) is 2.65. The van der Waals surface area contributed by atoms with Gasteiger partial charge >= 0.3 is 11.3 Å². The fourth-order valence-corrected chi connectivity index (χ4v) is 2.79. The normalized spacial score (nSPS) is 10.0. The smallest absolute Gasteiger partial charge is 0.336 e. The van der Waals surface area contributed by atoms with Crippen molar-refractivity contribution in [3.8, 4) is 23.5 Å². The lowest BCUT2D eigenvalue weighted by Crippen LogP contribution is -1.97. The molecule has 0 saturated carbocycles. The molecule has 0 bridgehead atoms. The molecule has 0 saturated heterocycles. The summed E-state index contributed by atoms with van der Waals surface area (Å²) in [7, 11) is 0. The number of ether oxygens (including phenoxy) is 1. The second-order valence-electron chi connectivity index (χ2n) is 6.29. The number of hydrogen-bond acceptors (Lipinski definition) is 6. The SMILES string of the molecule is CC#COc1ccc2c(C)cc(=O)oc2c1.Cc1cc(=O)oc2cc(O)ccc12. The third kappa shape index (κ3) is 4.66. The van der Waals surface area contributed by atoms with Crippen molar-refractivity contribution < 1.29 is 18.7 Å². The van der Waals surface area contributed by atoms with Gasteiger partial charge in [-0.05, 0) is 49.2 Å². The van der Waals surface area contributed by atoms with Gasteiger partial charge in [-0.15, -0.1) is 0 Å². The zero-order chi connectivity index (χ0) is 21.0. The summed E-state index contributed by atoms with van der Waals surface area (Å²) in [5.74, 6) is 3.29. The van der Waals surface area contributed by atoms with Crippen LogP contribution in [0.1, 0.15) is 18.1 Å². The van der Waals surface area contributed by atoms with Crippen LogP contribution >= 0.6 is 0 Å². The van der Waals surface area contributed by atoms with Gasteiger partial charge in [0.05, 0.1) is 0 Å². The second kappa shape index (κ2) is 8.36. The molecule has 6 heteroatoms.